The summed E-state index contributed by atoms with van der Waals surface area (Å²) in [5.41, 5.74) is 1.03. The van der Waals surface area contributed by atoms with Crippen molar-refractivity contribution >= 4 is 46.2 Å². The van der Waals surface area contributed by atoms with Crippen molar-refractivity contribution in [2.45, 2.75) is 18.9 Å². The molecule has 3 rings (SSSR count). The Morgan fingerprint density at radius 3 is 2.75 bits per heavy atom. The Labute approximate surface area is 172 Å². The van der Waals surface area contributed by atoms with Crippen molar-refractivity contribution in [3.63, 3.8) is 0 Å². The number of aliphatic hydroxyl groups excluding tert-OH is 1. The number of furan rings is 1. The highest BCUT2D eigenvalue weighted by Gasteiger charge is 2.32. The van der Waals surface area contributed by atoms with Gasteiger partial charge >= 0.3 is 0 Å². The molecule has 1 aromatic carbocycles. The van der Waals surface area contributed by atoms with Crippen LogP contribution in [0.15, 0.2) is 58.1 Å². The lowest BCUT2D eigenvalue weighted by Crippen LogP contribution is -2.41. The van der Waals surface area contributed by atoms with Crippen molar-refractivity contribution in [2.24, 2.45) is 0 Å². The molecule has 28 heavy (non-hydrogen) atoms. The number of benzene rings is 1. The number of thiocarbonyl (C=S) groups is 1. The normalized spacial score (nSPS) is 16.6. The molecule has 0 radical (unpaired) electrons. The average Bonchev–Trinajstić information content (AvgIpc) is 3.29. The highest BCUT2D eigenvalue weighted by Crippen LogP contribution is 2.32. The Morgan fingerprint density at radius 2 is 2.07 bits per heavy atom. The van der Waals surface area contributed by atoms with E-state index in [-0.39, 0.29) is 37.4 Å². The van der Waals surface area contributed by atoms with Gasteiger partial charge in [-0.15, -0.1) is 0 Å². The van der Waals surface area contributed by atoms with Gasteiger partial charge in [0, 0.05) is 19.0 Å². The van der Waals surface area contributed by atoms with E-state index in [2.05, 4.69) is 5.32 Å². The fraction of sp³-hybridized carbons (Fsp3) is 0.250. The van der Waals surface area contributed by atoms with Crippen LogP contribution < -0.4 is 5.32 Å². The molecule has 146 valence electrons. The van der Waals surface area contributed by atoms with Gasteiger partial charge in [-0.25, -0.2) is 0 Å². The van der Waals surface area contributed by atoms with Gasteiger partial charge in [-0.2, -0.15) is 0 Å². The third kappa shape index (κ3) is 5.31. The van der Waals surface area contributed by atoms with E-state index in [0.717, 1.165) is 5.56 Å². The van der Waals surface area contributed by atoms with E-state index in [1.54, 1.807) is 18.2 Å². The Morgan fingerprint density at radius 1 is 1.29 bits per heavy atom. The number of thioether (sulfide) groups is 1. The van der Waals surface area contributed by atoms with Crippen LogP contribution in [-0.4, -0.2) is 45.3 Å². The van der Waals surface area contributed by atoms with E-state index >= 15 is 0 Å². The van der Waals surface area contributed by atoms with Crippen LogP contribution >= 0.6 is 24.0 Å². The summed E-state index contributed by atoms with van der Waals surface area (Å²) in [6, 6.07) is 12.7. The molecule has 0 unspecified atom stereocenters. The molecule has 2 amide bonds. The quantitative estimate of drug-likeness (QED) is 0.508. The largest absolute Gasteiger partial charge is 0.465 e. The van der Waals surface area contributed by atoms with Gasteiger partial charge in [0.05, 0.1) is 23.8 Å². The molecule has 1 aliphatic rings. The smallest absolute Gasteiger partial charge is 0.266 e. The van der Waals surface area contributed by atoms with Crippen LogP contribution in [0.25, 0.3) is 6.08 Å². The lowest BCUT2D eigenvalue weighted by atomic mass is 10.1. The number of carbonyl (C=O) groups is 2. The fourth-order valence-electron chi connectivity index (χ4n) is 2.77. The number of hydrogen-bond acceptors (Lipinski definition) is 6. The van der Waals surface area contributed by atoms with E-state index in [0.29, 0.717) is 21.4 Å². The van der Waals surface area contributed by atoms with Gasteiger partial charge in [-0.1, -0.05) is 54.3 Å². The van der Waals surface area contributed by atoms with Crippen LogP contribution in [0, 0.1) is 0 Å². The van der Waals surface area contributed by atoms with Gasteiger partial charge in [0.25, 0.3) is 5.91 Å². The maximum Gasteiger partial charge on any atom is 0.266 e. The second-order valence-electron chi connectivity index (χ2n) is 6.24. The predicted octanol–water partition coefficient (Wildman–Crippen LogP) is 2.59. The number of rotatable bonds is 8. The molecule has 0 saturated carbocycles. The maximum absolute atomic E-state index is 12.5. The van der Waals surface area contributed by atoms with Gasteiger partial charge in [-0.05, 0) is 24.1 Å². The number of nitrogens with one attached hydrogen (secondary N) is 1. The average molecular weight is 417 g/mol. The van der Waals surface area contributed by atoms with Crippen LogP contribution in [0.4, 0.5) is 0 Å². The van der Waals surface area contributed by atoms with Gasteiger partial charge in [0.2, 0.25) is 5.91 Å². The zero-order valence-corrected chi connectivity index (χ0v) is 16.7. The minimum Gasteiger partial charge on any atom is -0.465 e. The number of nitrogens with zero attached hydrogens (tertiary/aromatic N) is 1. The molecule has 2 heterocycles. The number of aliphatic hydroxyl groups is 1. The summed E-state index contributed by atoms with van der Waals surface area (Å²) in [6.07, 6.45) is 3.81. The molecule has 0 bridgehead atoms. The van der Waals surface area contributed by atoms with Gasteiger partial charge < -0.3 is 14.8 Å². The highest BCUT2D eigenvalue weighted by atomic mass is 32.2. The molecule has 6 nitrogen and oxygen atoms in total. The minimum atomic E-state index is -0.375. The van der Waals surface area contributed by atoms with Crippen LogP contribution in [0.3, 0.4) is 0 Å². The molecule has 8 heteroatoms. The summed E-state index contributed by atoms with van der Waals surface area (Å²) in [4.78, 5) is 26.7. The molecule has 1 aromatic heterocycles. The SMILES string of the molecule is O=C(CCN1C(=O)C(=Cc2ccco2)SC1=S)N[C@@H](CO)Cc1ccccc1. The lowest BCUT2D eigenvalue weighted by molar-refractivity contribution is -0.124. The summed E-state index contributed by atoms with van der Waals surface area (Å²) in [5, 5.41) is 12.3. The standard InChI is InChI=1S/C20H20N2O4S2/c23-13-15(11-14-5-2-1-3-6-14)21-18(24)8-9-22-19(25)17(28-20(22)27)12-16-7-4-10-26-16/h1-7,10,12,15,23H,8-9,11,13H2,(H,21,24)/t15-/m1/s1. The molecular formula is C20H20N2O4S2. The van der Waals surface area contributed by atoms with Gasteiger partial charge in [0.15, 0.2) is 0 Å². The first-order valence-electron chi connectivity index (χ1n) is 8.80. The first kappa shape index (κ1) is 20.3. The Bertz CT molecular complexity index is 866. The molecule has 0 aliphatic carbocycles. The first-order chi connectivity index (χ1) is 13.6. The number of carbonyl (C=O) groups excluding carboxylic acids is 2. The minimum absolute atomic E-state index is 0.103. The molecule has 1 aliphatic heterocycles. The van der Waals surface area contributed by atoms with Gasteiger partial charge in [-0.3, -0.25) is 14.5 Å². The highest BCUT2D eigenvalue weighted by molar-refractivity contribution is 8.26. The second-order valence-corrected chi connectivity index (χ2v) is 7.91. The van der Waals surface area contributed by atoms with Crippen molar-refractivity contribution in [3.05, 3.63) is 65.0 Å². The van der Waals surface area contributed by atoms with Gasteiger partial charge in [0.1, 0.15) is 10.1 Å². The Hall–Kier alpha value is -2.42. The molecule has 2 N–H and O–H groups in total. The third-order valence-corrected chi connectivity index (χ3v) is 5.54. The topological polar surface area (TPSA) is 82.8 Å². The molecule has 1 saturated heterocycles. The predicted molar refractivity (Wildman–Crippen MR) is 112 cm³/mol. The van der Waals surface area contributed by atoms with Crippen LogP contribution in [-0.2, 0) is 16.0 Å². The zero-order valence-electron chi connectivity index (χ0n) is 15.0. The molecule has 0 spiro atoms. The molecule has 2 aromatic rings. The van der Waals surface area contributed by atoms with E-state index < -0.39 is 0 Å². The number of hydrogen-bond donors (Lipinski definition) is 2. The summed E-state index contributed by atoms with van der Waals surface area (Å²) in [6.45, 7) is 0.0308. The zero-order chi connectivity index (χ0) is 19.9. The summed E-state index contributed by atoms with van der Waals surface area (Å²) in [5.74, 6) is 0.103. The van der Waals surface area contributed by atoms with Crippen molar-refractivity contribution in [1.82, 2.24) is 10.2 Å². The first-order valence-corrected chi connectivity index (χ1v) is 10.0. The lowest BCUT2D eigenvalue weighted by Gasteiger charge is -2.18. The molecule has 1 fully saturated rings. The molecular weight excluding hydrogens is 396 g/mol. The second kappa shape index (κ2) is 9.68. The van der Waals surface area contributed by atoms with E-state index in [4.69, 9.17) is 16.6 Å². The summed E-state index contributed by atoms with van der Waals surface area (Å²) < 4.78 is 5.64. The van der Waals surface area contributed by atoms with Crippen molar-refractivity contribution in [3.8, 4) is 0 Å². The molecule has 1 atom stereocenters. The Balaban J connectivity index is 1.52. The Kier molecular flexibility index (Phi) is 7.02. The van der Waals surface area contributed by atoms with Crippen LogP contribution in [0.1, 0.15) is 17.7 Å². The monoisotopic (exact) mass is 416 g/mol. The number of amides is 2. The van der Waals surface area contributed by atoms with E-state index in [1.807, 2.05) is 30.3 Å². The van der Waals surface area contributed by atoms with Crippen LogP contribution in [0.5, 0.6) is 0 Å². The van der Waals surface area contributed by atoms with Crippen molar-refractivity contribution in [1.29, 1.82) is 0 Å². The van der Waals surface area contributed by atoms with E-state index in [1.165, 1.54) is 22.9 Å². The van der Waals surface area contributed by atoms with E-state index in [9.17, 15) is 14.7 Å². The maximum atomic E-state index is 12.5. The van der Waals surface area contributed by atoms with Crippen molar-refractivity contribution in [2.75, 3.05) is 13.2 Å². The van der Waals surface area contributed by atoms with Crippen LogP contribution in [0.2, 0.25) is 0 Å². The summed E-state index contributed by atoms with van der Waals surface area (Å²) >= 11 is 6.45. The van der Waals surface area contributed by atoms with Crippen molar-refractivity contribution < 1.29 is 19.1 Å². The summed E-state index contributed by atoms with van der Waals surface area (Å²) in [7, 11) is 0. The third-order valence-electron chi connectivity index (χ3n) is 4.16. The fourth-order valence-corrected chi connectivity index (χ4v) is 4.06.